The summed E-state index contributed by atoms with van der Waals surface area (Å²) < 4.78 is 25.8. The maximum Gasteiger partial charge on any atom is 0.215 e. The number of aliphatic hydroxyl groups excluding tert-OH is 1. The van der Waals surface area contributed by atoms with Crippen molar-refractivity contribution in [3.05, 3.63) is 0 Å². The zero-order valence-corrected chi connectivity index (χ0v) is 11.5. The molecule has 2 aliphatic rings. The Hall–Kier alpha value is -0.210. The molecule has 0 unspecified atom stereocenters. The number of piperidine rings is 1. The highest BCUT2D eigenvalue weighted by atomic mass is 32.2. The normalized spacial score (nSPS) is 25.4. The predicted molar refractivity (Wildman–Crippen MR) is 69.9 cm³/mol. The fourth-order valence-corrected chi connectivity index (χ4v) is 3.94. The van der Waals surface area contributed by atoms with Crippen LogP contribution in [0.5, 0.6) is 0 Å². The summed E-state index contributed by atoms with van der Waals surface area (Å²) in [7, 11) is -3.15. The summed E-state index contributed by atoms with van der Waals surface area (Å²) in [4.78, 5) is 2.19. The highest BCUT2D eigenvalue weighted by molar-refractivity contribution is 7.89. The largest absolute Gasteiger partial charge is 0.393 e. The molecule has 7 heteroatoms. The summed E-state index contributed by atoms with van der Waals surface area (Å²) >= 11 is 0. The van der Waals surface area contributed by atoms with E-state index >= 15 is 0 Å². The number of hydrogen-bond acceptors (Lipinski definition) is 5. The van der Waals surface area contributed by atoms with Crippen LogP contribution in [0.4, 0.5) is 0 Å². The van der Waals surface area contributed by atoms with E-state index in [0.717, 1.165) is 26.2 Å². The number of rotatable bonds is 4. The molecule has 2 aliphatic heterocycles. The van der Waals surface area contributed by atoms with Gasteiger partial charge in [-0.25, -0.2) is 12.7 Å². The minimum atomic E-state index is -3.15. The predicted octanol–water partition coefficient (Wildman–Crippen LogP) is -1.32. The van der Waals surface area contributed by atoms with Crippen molar-refractivity contribution in [2.45, 2.75) is 18.9 Å². The van der Waals surface area contributed by atoms with Gasteiger partial charge in [-0.1, -0.05) is 0 Å². The first kappa shape index (κ1) is 14.2. The van der Waals surface area contributed by atoms with Crippen molar-refractivity contribution in [3.8, 4) is 0 Å². The van der Waals surface area contributed by atoms with Gasteiger partial charge in [-0.15, -0.1) is 0 Å². The highest BCUT2D eigenvalue weighted by Crippen LogP contribution is 2.14. The molecule has 0 saturated carbocycles. The van der Waals surface area contributed by atoms with E-state index in [0.29, 0.717) is 32.5 Å². The lowest BCUT2D eigenvalue weighted by Gasteiger charge is -2.31. The van der Waals surface area contributed by atoms with Crippen LogP contribution in [0.1, 0.15) is 12.8 Å². The number of sulfonamides is 1. The van der Waals surface area contributed by atoms with Crippen LogP contribution in [-0.4, -0.2) is 80.4 Å². The average Bonchev–Trinajstić information content (AvgIpc) is 2.38. The second kappa shape index (κ2) is 6.29. The molecule has 0 aromatic heterocycles. The Morgan fingerprint density at radius 2 is 1.72 bits per heavy atom. The van der Waals surface area contributed by atoms with Gasteiger partial charge in [-0.05, 0) is 12.8 Å². The lowest BCUT2D eigenvalue weighted by molar-refractivity contribution is 0.113. The lowest BCUT2D eigenvalue weighted by Crippen LogP contribution is -2.47. The molecule has 2 heterocycles. The average molecular weight is 277 g/mol. The van der Waals surface area contributed by atoms with Crippen LogP contribution in [0.25, 0.3) is 0 Å². The Morgan fingerprint density at radius 1 is 1.11 bits per heavy atom. The first-order chi connectivity index (χ1) is 8.58. The summed E-state index contributed by atoms with van der Waals surface area (Å²) in [6.45, 7) is 5.27. The smallest absolute Gasteiger partial charge is 0.215 e. The van der Waals surface area contributed by atoms with Crippen LogP contribution in [0.15, 0.2) is 0 Å². The van der Waals surface area contributed by atoms with Crippen molar-refractivity contribution < 1.29 is 13.5 Å². The molecule has 2 N–H and O–H groups in total. The van der Waals surface area contributed by atoms with E-state index in [9.17, 15) is 13.5 Å². The van der Waals surface area contributed by atoms with Crippen molar-refractivity contribution in [1.29, 1.82) is 0 Å². The summed E-state index contributed by atoms with van der Waals surface area (Å²) in [5.74, 6) is 0.198. The van der Waals surface area contributed by atoms with E-state index in [1.807, 2.05) is 0 Å². The van der Waals surface area contributed by atoms with Crippen molar-refractivity contribution in [1.82, 2.24) is 14.5 Å². The van der Waals surface area contributed by atoms with Crippen LogP contribution >= 0.6 is 0 Å². The third-order valence-electron chi connectivity index (χ3n) is 3.69. The number of piperazine rings is 1. The van der Waals surface area contributed by atoms with Gasteiger partial charge >= 0.3 is 0 Å². The van der Waals surface area contributed by atoms with Gasteiger partial charge in [-0.3, -0.25) is 4.90 Å². The van der Waals surface area contributed by atoms with Gasteiger partial charge in [-0.2, -0.15) is 0 Å². The van der Waals surface area contributed by atoms with Gasteiger partial charge < -0.3 is 10.4 Å². The van der Waals surface area contributed by atoms with Crippen LogP contribution in [0, 0.1) is 0 Å². The quantitative estimate of drug-likeness (QED) is 0.667. The molecular weight excluding hydrogens is 254 g/mol. The van der Waals surface area contributed by atoms with Crippen molar-refractivity contribution in [2.24, 2.45) is 0 Å². The summed E-state index contributed by atoms with van der Waals surface area (Å²) in [6, 6.07) is 0. The number of nitrogens with zero attached hydrogens (tertiary/aromatic N) is 2. The van der Waals surface area contributed by atoms with Crippen molar-refractivity contribution >= 4 is 10.0 Å². The zero-order chi connectivity index (χ0) is 13.0. The maximum absolute atomic E-state index is 12.1. The summed E-state index contributed by atoms with van der Waals surface area (Å²) in [5, 5.41) is 12.6. The van der Waals surface area contributed by atoms with Gasteiger partial charge in [0, 0.05) is 45.8 Å². The second-order valence-corrected chi connectivity index (χ2v) is 7.13. The maximum atomic E-state index is 12.1. The highest BCUT2D eigenvalue weighted by Gasteiger charge is 2.27. The Morgan fingerprint density at radius 3 is 2.33 bits per heavy atom. The summed E-state index contributed by atoms with van der Waals surface area (Å²) in [5.41, 5.74) is 0. The van der Waals surface area contributed by atoms with Crippen LogP contribution in [0.3, 0.4) is 0 Å². The molecular formula is C11H23N3O3S. The molecule has 106 valence electrons. The van der Waals surface area contributed by atoms with Gasteiger partial charge in [0.2, 0.25) is 10.0 Å². The fraction of sp³-hybridized carbons (Fsp3) is 1.00. The van der Waals surface area contributed by atoms with Gasteiger partial charge in [0.15, 0.2) is 0 Å². The van der Waals surface area contributed by atoms with E-state index in [4.69, 9.17) is 0 Å². The Labute approximate surface area is 109 Å². The number of hydrogen-bond donors (Lipinski definition) is 2. The molecule has 0 amide bonds. The number of nitrogens with one attached hydrogen (secondary N) is 1. The standard InChI is InChI=1S/C11H23N3O3S/c15-11-1-5-14(6-2-11)18(16,17)10-9-13-7-3-12-4-8-13/h11-12,15H,1-10H2. The molecule has 0 aromatic carbocycles. The molecule has 2 fully saturated rings. The lowest BCUT2D eigenvalue weighted by atomic mass is 10.1. The second-order valence-electron chi connectivity index (χ2n) is 5.04. The van der Waals surface area contributed by atoms with Crippen LogP contribution < -0.4 is 5.32 Å². The van der Waals surface area contributed by atoms with Crippen LogP contribution in [0.2, 0.25) is 0 Å². The molecule has 2 saturated heterocycles. The van der Waals surface area contributed by atoms with Crippen molar-refractivity contribution in [2.75, 3.05) is 51.6 Å². The Balaban J connectivity index is 1.79. The topological polar surface area (TPSA) is 72.9 Å². The molecule has 2 rings (SSSR count). The molecule has 0 radical (unpaired) electrons. The van der Waals surface area contributed by atoms with E-state index in [-0.39, 0.29) is 11.9 Å². The minimum absolute atomic E-state index is 0.198. The van der Waals surface area contributed by atoms with Crippen LogP contribution in [-0.2, 0) is 10.0 Å². The molecule has 0 spiro atoms. The van der Waals surface area contributed by atoms with Crippen molar-refractivity contribution in [3.63, 3.8) is 0 Å². The van der Waals surface area contributed by atoms with Gasteiger partial charge in [0.05, 0.1) is 11.9 Å². The monoisotopic (exact) mass is 277 g/mol. The first-order valence-corrected chi connectivity index (χ1v) is 8.28. The summed E-state index contributed by atoms with van der Waals surface area (Å²) in [6.07, 6.45) is 0.796. The molecule has 0 atom stereocenters. The van der Waals surface area contributed by atoms with E-state index < -0.39 is 10.0 Å². The SMILES string of the molecule is O=S(=O)(CCN1CCNCC1)N1CCC(O)CC1. The van der Waals surface area contributed by atoms with E-state index in [1.54, 1.807) is 0 Å². The van der Waals surface area contributed by atoms with Gasteiger partial charge in [0.1, 0.15) is 0 Å². The van der Waals surface area contributed by atoms with E-state index in [2.05, 4.69) is 10.2 Å². The molecule has 6 nitrogen and oxygen atoms in total. The third kappa shape index (κ3) is 3.89. The first-order valence-electron chi connectivity index (χ1n) is 6.67. The Kier molecular flexibility index (Phi) is 4.97. The fourth-order valence-electron chi connectivity index (χ4n) is 2.43. The zero-order valence-electron chi connectivity index (χ0n) is 10.7. The third-order valence-corrected chi connectivity index (χ3v) is 5.54. The molecule has 18 heavy (non-hydrogen) atoms. The Bertz CT molecular complexity index is 347. The van der Waals surface area contributed by atoms with Gasteiger partial charge in [0.25, 0.3) is 0 Å². The minimum Gasteiger partial charge on any atom is -0.393 e. The molecule has 0 aliphatic carbocycles. The van der Waals surface area contributed by atoms with E-state index in [1.165, 1.54) is 4.31 Å². The molecule has 0 bridgehead atoms. The number of aliphatic hydroxyl groups is 1. The molecule has 0 aromatic rings.